The Kier molecular flexibility index (Phi) is 4.78. The van der Waals surface area contributed by atoms with Crippen molar-refractivity contribution >= 4 is 5.91 Å². The van der Waals surface area contributed by atoms with Crippen LogP contribution in [0, 0.1) is 0 Å². The number of ether oxygens (including phenoxy) is 1. The van der Waals surface area contributed by atoms with Crippen LogP contribution in [0.3, 0.4) is 0 Å². The van der Waals surface area contributed by atoms with E-state index in [9.17, 15) is 4.79 Å². The summed E-state index contributed by atoms with van der Waals surface area (Å²) in [4.78, 5) is 14.6. The van der Waals surface area contributed by atoms with E-state index >= 15 is 0 Å². The Hall–Kier alpha value is -1.39. The van der Waals surface area contributed by atoms with Crippen molar-refractivity contribution in [3.8, 4) is 0 Å². The summed E-state index contributed by atoms with van der Waals surface area (Å²) in [5, 5.41) is 0. The molecule has 110 valence electrons. The highest BCUT2D eigenvalue weighted by Crippen LogP contribution is 2.25. The molecular formula is C16H24N2O2. The zero-order chi connectivity index (χ0) is 14.6. The Morgan fingerprint density at radius 1 is 1.45 bits per heavy atom. The van der Waals surface area contributed by atoms with Crippen molar-refractivity contribution in [2.75, 3.05) is 26.7 Å². The summed E-state index contributed by atoms with van der Waals surface area (Å²) in [6, 6.07) is 7.75. The van der Waals surface area contributed by atoms with Gasteiger partial charge in [0.15, 0.2) is 0 Å². The van der Waals surface area contributed by atoms with Crippen molar-refractivity contribution in [2.45, 2.75) is 31.8 Å². The first-order valence-corrected chi connectivity index (χ1v) is 7.22. The van der Waals surface area contributed by atoms with E-state index < -0.39 is 0 Å². The predicted octanol–water partition coefficient (Wildman–Crippen LogP) is 1.83. The van der Waals surface area contributed by atoms with Crippen molar-refractivity contribution in [1.82, 2.24) is 4.90 Å². The number of nitrogens with zero attached hydrogens (tertiary/aromatic N) is 1. The molecule has 1 aromatic carbocycles. The van der Waals surface area contributed by atoms with Crippen molar-refractivity contribution in [3.63, 3.8) is 0 Å². The lowest BCUT2D eigenvalue weighted by Crippen LogP contribution is -2.49. The second-order valence-corrected chi connectivity index (χ2v) is 5.68. The van der Waals surface area contributed by atoms with E-state index in [2.05, 4.69) is 6.92 Å². The number of carbonyl (C=O) groups excluding carboxylic acids is 1. The summed E-state index contributed by atoms with van der Waals surface area (Å²) in [7, 11) is 1.72. The summed E-state index contributed by atoms with van der Waals surface area (Å²) >= 11 is 0. The highest BCUT2D eigenvalue weighted by molar-refractivity contribution is 5.95. The number of likely N-dealkylation sites (tertiary alicyclic amines) is 1. The summed E-state index contributed by atoms with van der Waals surface area (Å²) in [5.74, 6) is 0.0945. The lowest BCUT2D eigenvalue weighted by atomic mass is 9.93. The first-order chi connectivity index (χ1) is 9.59. The van der Waals surface area contributed by atoms with Crippen LogP contribution in [0.1, 0.15) is 35.7 Å². The van der Waals surface area contributed by atoms with Crippen LogP contribution in [0.4, 0.5) is 0 Å². The van der Waals surface area contributed by atoms with Gasteiger partial charge in [-0.05, 0) is 44.4 Å². The molecule has 1 aliphatic rings. The first-order valence-electron chi connectivity index (χ1n) is 7.22. The number of carbonyl (C=O) groups is 1. The zero-order valence-electron chi connectivity index (χ0n) is 12.4. The first kappa shape index (κ1) is 15.0. The van der Waals surface area contributed by atoms with Gasteiger partial charge in [0.25, 0.3) is 5.91 Å². The third-order valence-corrected chi connectivity index (χ3v) is 4.10. The fourth-order valence-electron chi connectivity index (χ4n) is 2.82. The van der Waals surface area contributed by atoms with Crippen LogP contribution >= 0.6 is 0 Å². The van der Waals surface area contributed by atoms with Gasteiger partial charge in [-0.2, -0.15) is 0 Å². The molecule has 0 aliphatic carbocycles. The SMILES string of the molecule is COC1(C)CCCN(C(=O)c2ccccc2CCN)C1. The third kappa shape index (κ3) is 3.19. The Labute approximate surface area is 120 Å². The number of nitrogens with two attached hydrogens (primary N) is 1. The van der Waals surface area contributed by atoms with Gasteiger partial charge in [0.1, 0.15) is 0 Å². The van der Waals surface area contributed by atoms with Gasteiger partial charge in [-0.15, -0.1) is 0 Å². The van der Waals surface area contributed by atoms with Crippen LogP contribution < -0.4 is 5.73 Å². The quantitative estimate of drug-likeness (QED) is 0.913. The van der Waals surface area contributed by atoms with Gasteiger partial charge in [0.05, 0.1) is 5.60 Å². The van der Waals surface area contributed by atoms with Crippen LogP contribution in [0.25, 0.3) is 0 Å². The molecule has 1 fully saturated rings. The molecule has 0 bridgehead atoms. The lowest BCUT2D eigenvalue weighted by molar-refractivity contribution is -0.0440. The molecule has 0 radical (unpaired) electrons. The molecule has 1 heterocycles. The van der Waals surface area contributed by atoms with E-state index in [1.807, 2.05) is 29.2 Å². The van der Waals surface area contributed by atoms with Crippen molar-refractivity contribution in [3.05, 3.63) is 35.4 Å². The maximum absolute atomic E-state index is 12.7. The van der Waals surface area contributed by atoms with Crippen molar-refractivity contribution in [2.24, 2.45) is 5.73 Å². The van der Waals surface area contributed by atoms with Gasteiger partial charge in [-0.3, -0.25) is 4.79 Å². The molecular weight excluding hydrogens is 252 g/mol. The average molecular weight is 276 g/mol. The molecule has 1 atom stereocenters. The Morgan fingerprint density at radius 2 is 2.20 bits per heavy atom. The van der Waals surface area contributed by atoms with E-state index in [4.69, 9.17) is 10.5 Å². The standard InChI is InChI=1S/C16H24N2O2/c1-16(20-2)9-5-11-18(12-16)15(19)14-7-4-3-6-13(14)8-10-17/h3-4,6-7H,5,8-12,17H2,1-2H3. The fraction of sp³-hybridized carbons (Fsp3) is 0.562. The number of piperidine rings is 1. The van der Waals surface area contributed by atoms with E-state index in [1.54, 1.807) is 7.11 Å². The maximum atomic E-state index is 12.7. The molecule has 4 nitrogen and oxygen atoms in total. The van der Waals surface area contributed by atoms with E-state index in [0.717, 1.165) is 36.9 Å². The Morgan fingerprint density at radius 3 is 2.90 bits per heavy atom. The number of hydrogen-bond donors (Lipinski definition) is 1. The number of methoxy groups -OCH3 is 1. The molecule has 1 aliphatic heterocycles. The fourth-order valence-corrected chi connectivity index (χ4v) is 2.82. The van der Waals surface area contributed by atoms with Gasteiger partial charge >= 0.3 is 0 Å². The van der Waals surface area contributed by atoms with Gasteiger partial charge < -0.3 is 15.4 Å². The van der Waals surface area contributed by atoms with Crippen molar-refractivity contribution < 1.29 is 9.53 Å². The van der Waals surface area contributed by atoms with Gasteiger partial charge in [0.2, 0.25) is 0 Å². The average Bonchev–Trinajstić information content (AvgIpc) is 2.47. The molecule has 1 saturated heterocycles. The van der Waals surface area contributed by atoms with Crippen LogP contribution in [-0.2, 0) is 11.2 Å². The maximum Gasteiger partial charge on any atom is 0.254 e. The van der Waals surface area contributed by atoms with Crippen LogP contribution in [0.5, 0.6) is 0 Å². The van der Waals surface area contributed by atoms with Crippen LogP contribution in [0.2, 0.25) is 0 Å². The minimum Gasteiger partial charge on any atom is -0.377 e. The highest BCUT2D eigenvalue weighted by Gasteiger charge is 2.33. The topological polar surface area (TPSA) is 55.6 Å². The summed E-state index contributed by atoms with van der Waals surface area (Å²) in [6.07, 6.45) is 2.71. The van der Waals surface area contributed by atoms with Gasteiger partial charge in [-0.25, -0.2) is 0 Å². The van der Waals surface area contributed by atoms with E-state index in [0.29, 0.717) is 13.1 Å². The zero-order valence-corrected chi connectivity index (χ0v) is 12.4. The Bertz CT molecular complexity index is 475. The lowest BCUT2D eigenvalue weighted by Gasteiger charge is -2.39. The molecule has 1 unspecified atom stereocenters. The monoisotopic (exact) mass is 276 g/mol. The number of rotatable bonds is 4. The van der Waals surface area contributed by atoms with Crippen LogP contribution in [-0.4, -0.2) is 43.2 Å². The second kappa shape index (κ2) is 6.37. The molecule has 0 spiro atoms. The largest absolute Gasteiger partial charge is 0.377 e. The second-order valence-electron chi connectivity index (χ2n) is 5.68. The molecule has 1 aromatic rings. The summed E-state index contributed by atoms with van der Waals surface area (Å²) in [6.45, 7) is 4.08. The minimum absolute atomic E-state index is 0.0945. The highest BCUT2D eigenvalue weighted by atomic mass is 16.5. The van der Waals surface area contributed by atoms with Crippen molar-refractivity contribution in [1.29, 1.82) is 0 Å². The number of amides is 1. The number of benzene rings is 1. The summed E-state index contributed by atoms with van der Waals surface area (Å²) in [5.41, 5.74) is 7.21. The molecule has 0 saturated carbocycles. The molecule has 2 rings (SSSR count). The smallest absolute Gasteiger partial charge is 0.254 e. The summed E-state index contributed by atoms with van der Waals surface area (Å²) < 4.78 is 5.56. The van der Waals surface area contributed by atoms with Gasteiger partial charge in [-0.1, -0.05) is 18.2 Å². The molecule has 0 aromatic heterocycles. The van der Waals surface area contributed by atoms with Gasteiger partial charge in [0, 0.05) is 25.8 Å². The normalized spacial score (nSPS) is 22.9. The third-order valence-electron chi connectivity index (χ3n) is 4.10. The van der Waals surface area contributed by atoms with E-state index in [1.165, 1.54) is 0 Å². The molecule has 4 heteroatoms. The Balaban J connectivity index is 2.19. The van der Waals surface area contributed by atoms with E-state index in [-0.39, 0.29) is 11.5 Å². The molecule has 1 amide bonds. The predicted molar refractivity (Wildman–Crippen MR) is 79.8 cm³/mol. The molecule has 20 heavy (non-hydrogen) atoms. The van der Waals surface area contributed by atoms with Crippen LogP contribution in [0.15, 0.2) is 24.3 Å². The molecule has 2 N–H and O–H groups in total. The minimum atomic E-state index is -0.225. The number of hydrogen-bond acceptors (Lipinski definition) is 3.